The minimum absolute atomic E-state index is 0.0175. The average Bonchev–Trinajstić information content (AvgIpc) is 3.06. The van der Waals surface area contributed by atoms with Crippen molar-refractivity contribution in [2.75, 3.05) is 31.6 Å². The Balaban J connectivity index is 1.81. The van der Waals surface area contributed by atoms with Gasteiger partial charge in [-0.2, -0.15) is 0 Å². The molecule has 9 nitrogen and oxygen atoms in total. The number of nitrogens with zero attached hydrogens (tertiary/aromatic N) is 2. The number of amides is 2. The Morgan fingerprint density at radius 3 is 2.00 bits per heavy atom. The van der Waals surface area contributed by atoms with Crippen LogP contribution in [0.25, 0.3) is 0 Å². The van der Waals surface area contributed by atoms with Crippen molar-refractivity contribution in [2.45, 2.75) is 30.8 Å². The Hall–Kier alpha value is -4.97. The smallest absolute Gasteiger partial charge is 0.264 e. The Labute approximate surface area is 267 Å². The molecule has 0 unspecified atom stereocenters. The highest BCUT2D eigenvalue weighted by Crippen LogP contribution is 2.32. The van der Waals surface area contributed by atoms with Crippen molar-refractivity contribution in [3.05, 3.63) is 120 Å². The lowest BCUT2D eigenvalue weighted by Gasteiger charge is -2.33. The molecule has 12 heteroatoms. The van der Waals surface area contributed by atoms with Gasteiger partial charge in [-0.25, -0.2) is 17.2 Å². The molecule has 0 fully saturated rings. The SMILES string of the molecule is CCNC(=O)[C@H](Cc1ccccc1)N(Cc1ccc(F)cc1)C(=O)CN(c1ccc(F)cc1)S(=O)(=O)c1ccc(OC)c(OC)c1. The molecule has 0 saturated heterocycles. The van der Waals surface area contributed by atoms with Crippen LogP contribution in [0.5, 0.6) is 11.5 Å². The maximum Gasteiger partial charge on any atom is 0.264 e. The van der Waals surface area contributed by atoms with Gasteiger partial charge in [0, 0.05) is 25.6 Å². The van der Waals surface area contributed by atoms with Crippen LogP contribution in [0.1, 0.15) is 18.1 Å². The summed E-state index contributed by atoms with van der Waals surface area (Å²) in [5.74, 6) is -1.80. The first-order chi connectivity index (χ1) is 22.1. The minimum Gasteiger partial charge on any atom is -0.493 e. The van der Waals surface area contributed by atoms with Crippen molar-refractivity contribution < 1.29 is 36.3 Å². The maximum absolute atomic E-state index is 14.4. The molecule has 2 amide bonds. The fourth-order valence-corrected chi connectivity index (χ4v) is 6.30. The van der Waals surface area contributed by atoms with E-state index in [0.717, 1.165) is 22.0 Å². The molecule has 0 spiro atoms. The van der Waals surface area contributed by atoms with Crippen LogP contribution in [0.4, 0.5) is 14.5 Å². The van der Waals surface area contributed by atoms with Gasteiger partial charge in [-0.1, -0.05) is 42.5 Å². The molecule has 0 radical (unpaired) electrons. The summed E-state index contributed by atoms with van der Waals surface area (Å²) in [6.07, 6.45) is 0.124. The first-order valence-corrected chi connectivity index (χ1v) is 15.9. The van der Waals surface area contributed by atoms with E-state index in [-0.39, 0.29) is 35.8 Å². The number of carbonyl (C=O) groups excluding carboxylic acids is 2. The largest absolute Gasteiger partial charge is 0.493 e. The lowest BCUT2D eigenvalue weighted by molar-refractivity contribution is -0.140. The van der Waals surface area contributed by atoms with E-state index in [4.69, 9.17) is 9.47 Å². The van der Waals surface area contributed by atoms with Gasteiger partial charge in [-0.15, -0.1) is 0 Å². The van der Waals surface area contributed by atoms with E-state index in [9.17, 15) is 26.8 Å². The van der Waals surface area contributed by atoms with Gasteiger partial charge >= 0.3 is 0 Å². The maximum atomic E-state index is 14.4. The van der Waals surface area contributed by atoms with Gasteiger partial charge in [0.05, 0.1) is 24.8 Å². The number of ether oxygens (including phenoxy) is 2. The number of nitrogens with one attached hydrogen (secondary N) is 1. The summed E-state index contributed by atoms with van der Waals surface area (Å²) in [6.45, 7) is 1.17. The Kier molecular flexibility index (Phi) is 11.3. The molecule has 1 atom stereocenters. The zero-order valence-electron chi connectivity index (χ0n) is 25.7. The normalized spacial score (nSPS) is 11.8. The van der Waals surface area contributed by atoms with Gasteiger partial charge in [-0.3, -0.25) is 13.9 Å². The van der Waals surface area contributed by atoms with Crippen molar-refractivity contribution in [1.82, 2.24) is 10.2 Å². The Morgan fingerprint density at radius 2 is 1.41 bits per heavy atom. The minimum atomic E-state index is -4.47. The van der Waals surface area contributed by atoms with Crippen LogP contribution in [0.15, 0.2) is 102 Å². The van der Waals surface area contributed by atoms with Crippen LogP contribution >= 0.6 is 0 Å². The third kappa shape index (κ3) is 8.19. The van der Waals surface area contributed by atoms with Gasteiger partial charge < -0.3 is 19.7 Å². The lowest BCUT2D eigenvalue weighted by Crippen LogP contribution is -2.53. The Bertz CT molecular complexity index is 1740. The van der Waals surface area contributed by atoms with Crippen LogP contribution in [0.3, 0.4) is 0 Å². The number of anilines is 1. The summed E-state index contributed by atoms with van der Waals surface area (Å²) in [4.78, 5) is 28.9. The number of likely N-dealkylation sites (N-methyl/N-ethyl adjacent to an activating group) is 1. The molecule has 242 valence electrons. The number of hydrogen-bond acceptors (Lipinski definition) is 6. The van der Waals surface area contributed by atoms with E-state index in [2.05, 4.69) is 5.32 Å². The molecule has 1 N–H and O–H groups in total. The van der Waals surface area contributed by atoms with Crippen molar-refractivity contribution in [2.24, 2.45) is 0 Å². The molecule has 0 aliphatic carbocycles. The van der Waals surface area contributed by atoms with Gasteiger partial charge in [0.1, 0.15) is 24.2 Å². The van der Waals surface area contributed by atoms with Crippen molar-refractivity contribution in [3.63, 3.8) is 0 Å². The second-order valence-electron chi connectivity index (χ2n) is 10.3. The molecule has 46 heavy (non-hydrogen) atoms. The topological polar surface area (TPSA) is 105 Å². The van der Waals surface area contributed by atoms with Crippen LogP contribution < -0.4 is 19.1 Å². The molecule has 0 aromatic heterocycles. The molecule has 4 aromatic rings. The number of sulfonamides is 1. The lowest BCUT2D eigenvalue weighted by atomic mass is 10.0. The third-order valence-corrected chi connectivity index (χ3v) is 8.99. The van der Waals surface area contributed by atoms with Crippen LogP contribution in [0, 0.1) is 11.6 Å². The predicted molar refractivity (Wildman–Crippen MR) is 170 cm³/mol. The van der Waals surface area contributed by atoms with E-state index < -0.39 is 46.1 Å². The predicted octanol–water partition coefficient (Wildman–Crippen LogP) is 4.95. The quantitative estimate of drug-likeness (QED) is 0.207. The average molecular weight is 652 g/mol. The van der Waals surface area contributed by atoms with Gasteiger partial charge in [0.25, 0.3) is 10.0 Å². The number of halogens is 2. The highest BCUT2D eigenvalue weighted by molar-refractivity contribution is 7.92. The number of hydrogen-bond donors (Lipinski definition) is 1. The summed E-state index contributed by atoms with van der Waals surface area (Å²) in [5, 5.41) is 2.77. The van der Waals surface area contributed by atoms with Gasteiger partial charge in [0.15, 0.2) is 11.5 Å². The molecule has 0 aliphatic rings. The summed E-state index contributed by atoms with van der Waals surface area (Å²) < 4.78 is 67.5. The second kappa shape index (κ2) is 15.3. The van der Waals surface area contributed by atoms with E-state index in [1.54, 1.807) is 6.92 Å². The second-order valence-corrected chi connectivity index (χ2v) is 12.1. The zero-order valence-corrected chi connectivity index (χ0v) is 26.5. The van der Waals surface area contributed by atoms with E-state index in [0.29, 0.717) is 11.3 Å². The van der Waals surface area contributed by atoms with Crippen LogP contribution in [-0.2, 0) is 32.6 Å². The van der Waals surface area contributed by atoms with Gasteiger partial charge in [-0.05, 0) is 66.6 Å². The number of benzene rings is 4. The molecular formula is C34H35F2N3O6S. The number of methoxy groups -OCH3 is 2. The summed E-state index contributed by atoms with van der Waals surface area (Å²) in [5.41, 5.74) is 1.31. The van der Waals surface area contributed by atoms with E-state index in [1.807, 2.05) is 30.3 Å². The standard InChI is InChI=1S/C34H35F2N3O6S/c1-4-37-34(41)30(20-24-8-6-5-7-9-24)38(22-25-10-12-26(35)13-11-25)33(40)23-39(28-16-14-27(36)15-17-28)46(42,43)29-18-19-31(44-2)32(21-29)45-3/h5-19,21,30H,4,20,22-23H2,1-3H3,(H,37,41)/t30-/m0/s1. The Morgan fingerprint density at radius 1 is 0.804 bits per heavy atom. The fourth-order valence-electron chi connectivity index (χ4n) is 4.87. The third-order valence-electron chi connectivity index (χ3n) is 7.22. The molecule has 0 aliphatic heterocycles. The highest BCUT2D eigenvalue weighted by Gasteiger charge is 2.35. The molecule has 4 aromatic carbocycles. The van der Waals surface area contributed by atoms with Crippen molar-refractivity contribution in [1.29, 1.82) is 0 Å². The summed E-state index contributed by atoms with van der Waals surface area (Å²) >= 11 is 0. The number of rotatable bonds is 14. The molecular weight excluding hydrogens is 616 g/mol. The number of carbonyl (C=O) groups is 2. The summed E-state index contributed by atoms with van der Waals surface area (Å²) in [7, 11) is -1.70. The van der Waals surface area contributed by atoms with Crippen LogP contribution in [0.2, 0.25) is 0 Å². The van der Waals surface area contributed by atoms with E-state index >= 15 is 0 Å². The summed E-state index contributed by atoms with van der Waals surface area (Å²) in [6, 6.07) is 22.1. The molecule has 0 bridgehead atoms. The first-order valence-electron chi connectivity index (χ1n) is 14.4. The monoisotopic (exact) mass is 651 g/mol. The highest BCUT2D eigenvalue weighted by atomic mass is 32.2. The van der Waals surface area contributed by atoms with E-state index in [1.165, 1.54) is 73.7 Å². The first kappa shape index (κ1) is 33.9. The molecule has 0 saturated carbocycles. The zero-order chi connectivity index (χ0) is 33.3. The van der Waals surface area contributed by atoms with Gasteiger partial charge in [0.2, 0.25) is 11.8 Å². The van der Waals surface area contributed by atoms with Crippen LogP contribution in [-0.4, -0.2) is 58.5 Å². The molecule has 0 heterocycles. The molecule has 4 rings (SSSR count). The fraction of sp³-hybridized carbons (Fsp3) is 0.235. The van der Waals surface area contributed by atoms with Crippen molar-refractivity contribution >= 4 is 27.5 Å². The van der Waals surface area contributed by atoms with Crippen molar-refractivity contribution in [3.8, 4) is 11.5 Å².